The van der Waals surface area contributed by atoms with Gasteiger partial charge in [-0.3, -0.25) is 9.59 Å². The number of rotatable bonds is 12. The minimum atomic E-state index is -0.684. The maximum absolute atomic E-state index is 13.8. The fourth-order valence-corrected chi connectivity index (χ4v) is 6.36. The van der Waals surface area contributed by atoms with Gasteiger partial charge in [0.2, 0.25) is 11.8 Å². The van der Waals surface area contributed by atoms with Crippen molar-refractivity contribution in [1.82, 2.24) is 10.2 Å². The molecule has 206 valence electrons. The van der Waals surface area contributed by atoms with E-state index in [1.54, 1.807) is 34.9 Å². The van der Waals surface area contributed by atoms with Crippen molar-refractivity contribution in [3.8, 4) is 0 Å². The van der Waals surface area contributed by atoms with Crippen LogP contribution < -0.4 is 5.32 Å². The van der Waals surface area contributed by atoms with Crippen LogP contribution in [0, 0.1) is 0 Å². The van der Waals surface area contributed by atoms with Crippen LogP contribution in [0.25, 0.3) is 0 Å². The van der Waals surface area contributed by atoms with Gasteiger partial charge >= 0.3 is 0 Å². The van der Waals surface area contributed by atoms with Crippen LogP contribution in [0.4, 0.5) is 0 Å². The molecule has 0 aromatic heterocycles. The first-order valence-electron chi connectivity index (χ1n) is 13.4. The van der Waals surface area contributed by atoms with Crippen LogP contribution in [-0.2, 0) is 22.6 Å². The van der Waals surface area contributed by atoms with Crippen LogP contribution in [0.1, 0.15) is 49.7 Å². The van der Waals surface area contributed by atoms with Gasteiger partial charge in [-0.2, -0.15) is 0 Å². The summed E-state index contributed by atoms with van der Waals surface area (Å²) in [4.78, 5) is 30.4. The minimum Gasteiger partial charge on any atom is -0.352 e. The summed E-state index contributed by atoms with van der Waals surface area (Å²) in [5.41, 5.74) is 1.64. The Hall–Kier alpha value is -2.18. The van der Waals surface area contributed by atoms with E-state index in [4.69, 9.17) is 34.8 Å². The topological polar surface area (TPSA) is 49.4 Å². The number of carbonyl (C=O) groups excluding carboxylic acids is 2. The summed E-state index contributed by atoms with van der Waals surface area (Å²) in [6.07, 6.45) is 5.54. The fraction of sp³-hybridized carbons (Fsp3) is 0.355. The molecule has 1 N–H and O–H groups in total. The molecule has 8 heteroatoms. The van der Waals surface area contributed by atoms with E-state index in [1.807, 2.05) is 54.6 Å². The van der Waals surface area contributed by atoms with Gasteiger partial charge in [0.25, 0.3) is 0 Å². The zero-order valence-corrected chi connectivity index (χ0v) is 24.8. The number of halogens is 3. The van der Waals surface area contributed by atoms with E-state index in [0.717, 1.165) is 41.9 Å². The molecule has 3 aromatic carbocycles. The molecule has 3 aromatic rings. The van der Waals surface area contributed by atoms with Crippen LogP contribution >= 0.6 is 46.6 Å². The molecule has 1 unspecified atom stereocenters. The number of amides is 2. The molecule has 0 aliphatic heterocycles. The molecule has 1 aliphatic rings. The molecular weight excluding hydrogens is 571 g/mol. The number of hydrogen-bond donors (Lipinski definition) is 1. The Bertz CT molecular complexity index is 1210. The molecule has 0 bridgehead atoms. The van der Waals surface area contributed by atoms with Gasteiger partial charge < -0.3 is 10.2 Å². The number of thioether (sulfide) groups is 1. The van der Waals surface area contributed by atoms with E-state index in [0.29, 0.717) is 39.9 Å². The molecule has 0 heterocycles. The third-order valence-corrected chi connectivity index (χ3v) is 9.04. The quantitative estimate of drug-likeness (QED) is 0.168. The average molecular weight is 604 g/mol. The molecule has 1 fully saturated rings. The second-order valence-electron chi connectivity index (χ2n) is 9.82. The van der Waals surface area contributed by atoms with E-state index in [2.05, 4.69) is 5.32 Å². The fourth-order valence-electron chi connectivity index (χ4n) is 4.86. The number of nitrogens with zero attached hydrogens (tertiary/aromatic N) is 1. The van der Waals surface area contributed by atoms with Gasteiger partial charge in [-0.1, -0.05) is 84.0 Å². The predicted octanol–water partition coefficient (Wildman–Crippen LogP) is 8.22. The van der Waals surface area contributed by atoms with Crippen LogP contribution in [0.3, 0.4) is 0 Å². The summed E-state index contributed by atoms with van der Waals surface area (Å²) >= 11 is 20.7. The van der Waals surface area contributed by atoms with Crippen molar-refractivity contribution in [2.24, 2.45) is 0 Å². The van der Waals surface area contributed by atoms with Gasteiger partial charge in [0.1, 0.15) is 6.04 Å². The van der Waals surface area contributed by atoms with Crippen molar-refractivity contribution in [2.45, 2.75) is 68.5 Å². The van der Waals surface area contributed by atoms with Gasteiger partial charge in [0.15, 0.2) is 0 Å². The zero-order valence-electron chi connectivity index (χ0n) is 21.8. The highest BCUT2D eigenvalue weighted by molar-refractivity contribution is 7.99. The van der Waals surface area contributed by atoms with Crippen molar-refractivity contribution >= 4 is 58.4 Å². The first-order chi connectivity index (χ1) is 18.9. The Labute approximate surface area is 250 Å². The predicted molar refractivity (Wildman–Crippen MR) is 163 cm³/mol. The number of hydrogen-bond acceptors (Lipinski definition) is 3. The Morgan fingerprint density at radius 2 is 1.56 bits per heavy atom. The summed E-state index contributed by atoms with van der Waals surface area (Å²) in [5.74, 6) is 0.550. The van der Waals surface area contributed by atoms with Gasteiger partial charge in [0.05, 0.1) is 0 Å². The van der Waals surface area contributed by atoms with E-state index < -0.39 is 6.04 Å². The maximum Gasteiger partial charge on any atom is 0.243 e. The summed E-state index contributed by atoms with van der Waals surface area (Å²) in [5, 5.41) is 4.89. The standard InChI is InChI=1S/C31H33Cl3N2O2S/c32-23-15-17-25(18-16-23)39-19-7-14-30(37)36(21-26-27(33)12-6-13-28(26)34)29(20-22-8-2-1-3-9-22)31(38)35-24-10-4-5-11-24/h1-3,6,8-9,12-13,15-18,24,29H,4-5,7,10-11,14,19-21H2,(H,35,38). The molecule has 1 saturated carbocycles. The highest BCUT2D eigenvalue weighted by atomic mass is 35.5. The lowest BCUT2D eigenvalue weighted by molar-refractivity contribution is -0.141. The van der Waals surface area contributed by atoms with Crippen LogP contribution in [0.15, 0.2) is 77.7 Å². The van der Waals surface area contributed by atoms with Crippen LogP contribution in [0.5, 0.6) is 0 Å². The number of carbonyl (C=O) groups is 2. The Kier molecular flexibility index (Phi) is 11.5. The molecule has 2 amide bonds. The van der Waals surface area contributed by atoms with Crippen molar-refractivity contribution in [1.29, 1.82) is 0 Å². The molecule has 1 aliphatic carbocycles. The molecular formula is C31H33Cl3N2O2S. The van der Waals surface area contributed by atoms with Gasteiger partial charge in [0, 0.05) is 51.0 Å². The third kappa shape index (κ3) is 8.91. The van der Waals surface area contributed by atoms with Gasteiger partial charge in [-0.15, -0.1) is 11.8 Å². The highest BCUT2D eigenvalue weighted by Gasteiger charge is 2.32. The highest BCUT2D eigenvalue weighted by Crippen LogP contribution is 2.28. The van der Waals surface area contributed by atoms with Crippen LogP contribution in [0.2, 0.25) is 15.1 Å². The molecule has 4 rings (SSSR count). The second kappa shape index (κ2) is 15.0. The average Bonchev–Trinajstić information content (AvgIpc) is 3.44. The lowest BCUT2D eigenvalue weighted by Gasteiger charge is -2.33. The zero-order chi connectivity index (χ0) is 27.6. The van der Waals surface area contributed by atoms with Crippen molar-refractivity contribution in [3.05, 3.63) is 99.0 Å². The molecule has 0 spiro atoms. The Morgan fingerprint density at radius 1 is 0.897 bits per heavy atom. The number of nitrogens with one attached hydrogen (secondary N) is 1. The molecule has 4 nitrogen and oxygen atoms in total. The minimum absolute atomic E-state index is 0.0924. The second-order valence-corrected chi connectivity index (χ2v) is 12.2. The van der Waals surface area contributed by atoms with E-state index >= 15 is 0 Å². The lowest BCUT2D eigenvalue weighted by Crippen LogP contribution is -2.52. The third-order valence-electron chi connectivity index (χ3n) is 6.98. The van der Waals surface area contributed by atoms with Gasteiger partial charge in [-0.05, 0) is 67.0 Å². The summed E-state index contributed by atoms with van der Waals surface area (Å²) in [7, 11) is 0. The van der Waals surface area contributed by atoms with E-state index in [-0.39, 0.29) is 24.4 Å². The van der Waals surface area contributed by atoms with E-state index in [1.165, 1.54) is 0 Å². The lowest BCUT2D eigenvalue weighted by atomic mass is 10.0. The van der Waals surface area contributed by atoms with Crippen molar-refractivity contribution < 1.29 is 9.59 Å². The van der Waals surface area contributed by atoms with Crippen LogP contribution in [-0.4, -0.2) is 34.6 Å². The van der Waals surface area contributed by atoms with Crippen molar-refractivity contribution in [3.63, 3.8) is 0 Å². The number of benzene rings is 3. The largest absolute Gasteiger partial charge is 0.352 e. The maximum atomic E-state index is 13.8. The normalized spacial score (nSPS) is 14.2. The Balaban J connectivity index is 1.55. The first-order valence-corrected chi connectivity index (χ1v) is 15.5. The molecule has 0 radical (unpaired) electrons. The molecule has 39 heavy (non-hydrogen) atoms. The summed E-state index contributed by atoms with van der Waals surface area (Å²) < 4.78 is 0. The molecule has 0 saturated heterocycles. The summed E-state index contributed by atoms with van der Waals surface area (Å²) in [6, 6.07) is 22.3. The smallest absolute Gasteiger partial charge is 0.243 e. The summed E-state index contributed by atoms with van der Waals surface area (Å²) in [6.45, 7) is 0.164. The molecule has 1 atom stereocenters. The van der Waals surface area contributed by atoms with Gasteiger partial charge in [-0.25, -0.2) is 0 Å². The monoisotopic (exact) mass is 602 g/mol. The Morgan fingerprint density at radius 3 is 2.23 bits per heavy atom. The SMILES string of the molecule is O=C(NC1CCCC1)C(Cc1ccccc1)N(Cc1c(Cl)cccc1Cl)C(=O)CCCSc1ccc(Cl)cc1. The first kappa shape index (κ1) is 29.8. The van der Waals surface area contributed by atoms with E-state index in [9.17, 15) is 9.59 Å². The van der Waals surface area contributed by atoms with Crippen molar-refractivity contribution in [2.75, 3.05) is 5.75 Å².